The first kappa shape index (κ1) is 20.5. The fourth-order valence-electron chi connectivity index (χ4n) is 2.75. The van der Waals surface area contributed by atoms with Crippen LogP contribution in [-0.2, 0) is 13.1 Å². The van der Waals surface area contributed by atoms with Gasteiger partial charge in [-0.05, 0) is 25.5 Å². The van der Waals surface area contributed by atoms with Crippen LogP contribution in [0.3, 0.4) is 0 Å². The highest BCUT2D eigenvalue weighted by molar-refractivity contribution is 5.70. The van der Waals surface area contributed by atoms with Gasteiger partial charge in [-0.15, -0.1) is 13.2 Å². The van der Waals surface area contributed by atoms with Crippen molar-refractivity contribution in [3.05, 3.63) is 45.1 Å². The number of alkyl halides is 3. The summed E-state index contributed by atoms with van der Waals surface area (Å²) in [5, 5.41) is 8.97. The number of aryl methyl sites for hydroxylation is 1. The quantitative estimate of drug-likeness (QED) is 0.612. The predicted molar refractivity (Wildman–Crippen MR) is 95.2 cm³/mol. The fraction of sp³-hybridized carbons (Fsp3) is 0.353. The summed E-state index contributed by atoms with van der Waals surface area (Å²) in [7, 11) is 0. The molecule has 0 unspecified atom stereocenters. The Bertz CT molecular complexity index is 1130. The van der Waals surface area contributed by atoms with E-state index in [0.717, 1.165) is 16.7 Å². The van der Waals surface area contributed by atoms with Crippen molar-refractivity contribution in [2.24, 2.45) is 0 Å². The number of H-pyrrole nitrogens is 1. The Hall–Kier alpha value is -3.28. The zero-order valence-electron chi connectivity index (χ0n) is 15.2. The molecule has 3 rings (SSSR count). The van der Waals surface area contributed by atoms with E-state index in [9.17, 15) is 22.8 Å². The summed E-state index contributed by atoms with van der Waals surface area (Å²) in [6.45, 7) is 1.74. The molecular weight excluding hydrogens is 397 g/mol. The number of nitrogens with one attached hydrogen (secondary N) is 1. The summed E-state index contributed by atoms with van der Waals surface area (Å²) in [6, 6.07) is 4.61. The Kier molecular flexibility index (Phi) is 5.64. The second-order valence-electron chi connectivity index (χ2n) is 5.93. The molecule has 0 radical (unpaired) electrons. The number of fused-ring (bicyclic) bond motifs is 1. The Labute approximate surface area is 160 Å². The standard InChI is InChI=1S/C17H17F3N4O5/c1-2-23-13-12(14(26)24(16(23)27)7-4-8-25)21-15(22-13)28-10-5-3-6-11(9-10)29-17(18,19)20/h3,5-6,9,25H,2,4,7-8H2,1H3,(H,21,22). The number of halogens is 3. The number of hydrogen-bond acceptors (Lipinski definition) is 6. The Morgan fingerprint density at radius 1 is 1.21 bits per heavy atom. The van der Waals surface area contributed by atoms with Gasteiger partial charge in [0.2, 0.25) is 0 Å². The minimum Gasteiger partial charge on any atom is -0.425 e. The summed E-state index contributed by atoms with van der Waals surface area (Å²) in [6.07, 6.45) is -4.64. The first-order valence-corrected chi connectivity index (χ1v) is 8.61. The summed E-state index contributed by atoms with van der Waals surface area (Å²) in [5.41, 5.74) is -1.17. The number of benzene rings is 1. The molecule has 0 atom stereocenters. The number of imidazole rings is 1. The van der Waals surface area contributed by atoms with Crippen molar-refractivity contribution in [2.45, 2.75) is 32.8 Å². The van der Waals surface area contributed by atoms with Crippen molar-refractivity contribution in [3.8, 4) is 17.5 Å². The summed E-state index contributed by atoms with van der Waals surface area (Å²) in [5.74, 6) is -0.500. The van der Waals surface area contributed by atoms with E-state index in [1.807, 2.05) is 0 Å². The van der Waals surface area contributed by atoms with Gasteiger partial charge >= 0.3 is 18.1 Å². The number of aliphatic hydroxyl groups excluding tert-OH is 1. The molecule has 9 nitrogen and oxygen atoms in total. The molecule has 29 heavy (non-hydrogen) atoms. The number of hydrogen-bond donors (Lipinski definition) is 2. The van der Waals surface area contributed by atoms with E-state index in [2.05, 4.69) is 14.7 Å². The lowest BCUT2D eigenvalue weighted by molar-refractivity contribution is -0.274. The van der Waals surface area contributed by atoms with Crippen molar-refractivity contribution in [2.75, 3.05) is 6.61 Å². The molecule has 2 heterocycles. The molecule has 0 fully saturated rings. The lowest BCUT2D eigenvalue weighted by Gasteiger charge is -2.09. The van der Waals surface area contributed by atoms with Crippen LogP contribution < -0.4 is 20.7 Å². The van der Waals surface area contributed by atoms with Crippen LogP contribution in [0.1, 0.15) is 13.3 Å². The van der Waals surface area contributed by atoms with Gasteiger partial charge in [-0.3, -0.25) is 13.9 Å². The minimum absolute atomic E-state index is 0.00193. The second-order valence-corrected chi connectivity index (χ2v) is 5.93. The molecule has 0 saturated heterocycles. The van der Waals surface area contributed by atoms with E-state index in [1.165, 1.54) is 16.7 Å². The van der Waals surface area contributed by atoms with Crippen molar-refractivity contribution in [1.29, 1.82) is 0 Å². The second kappa shape index (κ2) is 7.99. The molecular formula is C17H17F3N4O5. The number of aromatic amines is 1. The van der Waals surface area contributed by atoms with Gasteiger partial charge in [0.25, 0.3) is 5.56 Å². The number of rotatable bonds is 7. The smallest absolute Gasteiger partial charge is 0.425 e. The molecule has 0 bridgehead atoms. The third kappa shape index (κ3) is 4.42. The summed E-state index contributed by atoms with van der Waals surface area (Å²) < 4.78 is 48.6. The fourth-order valence-corrected chi connectivity index (χ4v) is 2.75. The molecule has 0 aliphatic carbocycles. The van der Waals surface area contributed by atoms with Gasteiger partial charge in [0, 0.05) is 25.8 Å². The zero-order valence-corrected chi connectivity index (χ0v) is 15.2. The molecule has 0 aliphatic heterocycles. The monoisotopic (exact) mass is 414 g/mol. The first-order chi connectivity index (χ1) is 13.7. The Balaban J connectivity index is 2.00. The largest absolute Gasteiger partial charge is 0.573 e. The summed E-state index contributed by atoms with van der Waals surface area (Å²) in [4.78, 5) is 31.8. The van der Waals surface area contributed by atoms with Crippen LogP contribution in [0, 0.1) is 0 Å². The number of nitrogens with zero attached hydrogens (tertiary/aromatic N) is 3. The van der Waals surface area contributed by atoms with Crippen LogP contribution in [0.4, 0.5) is 13.2 Å². The van der Waals surface area contributed by atoms with Gasteiger partial charge in [-0.1, -0.05) is 6.07 Å². The average Bonchev–Trinajstić information content (AvgIpc) is 3.04. The maximum absolute atomic E-state index is 12.6. The molecule has 0 amide bonds. The van der Waals surface area contributed by atoms with Crippen molar-refractivity contribution in [1.82, 2.24) is 19.1 Å². The molecule has 1 aromatic carbocycles. The van der Waals surface area contributed by atoms with Crippen LogP contribution in [0.15, 0.2) is 33.9 Å². The molecule has 2 aromatic heterocycles. The van der Waals surface area contributed by atoms with Crippen LogP contribution in [0.5, 0.6) is 17.5 Å². The number of aliphatic hydroxyl groups is 1. The van der Waals surface area contributed by atoms with E-state index in [4.69, 9.17) is 9.84 Å². The molecule has 3 aromatic rings. The third-order valence-corrected chi connectivity index (χ3v) is 3.95. The lowest BCUT2D eigenvalue weighted by Crippen LogP contribution is -2.40. The van der Waals surface area contributed by atoms with Crippen molar-refractivity contribution in [3.63, 3.8) is 0 Å². The zero-order chi connectivity index (χ0) is 21.2. The maximum Gasteiger partial charge on any atom is 0.573 e. The average molecular weight is 414 g/mol. The van der Waals surface area contributed by atoms with Gasteiger partial charge < -0.3 is 19.6 Å². The van der Waals surface area contributed by atoms with Gasteiger partial charge in [0.1, 0.15) is 11.5 Å². The van der Waals surface area contributed by atoms with Crippen molar-refractivity contribution < 1.29 is 27.8 Å². The highest BCUT2D eigenvalue weighted by atomic mass is 19.4. The topological polar surface area (TPSA) is 111 Å². The maximum atomic E-state index is 12.6. The van der Waals surface area contributed by atoms with Gasteiger partial charge in [-0.2, -0.15) is 4.98 Å². The van der Waals surface area contributed by atoms with Crippen LogP contribution in [-0.4, -0.2) is 37.2 Å². The minimum atomic E-state index is -4.85. The third-order valence-electron chi connectivity index (χ3n) is 3.95. The normalized spacial score (nSPS) is 11.8. The number of aromatic nitrogens is 4. The van der Waals surface area contributed by atoms with E-state index >= 15 is 0 Å². The molecule has 2 N–H and O–H groups in total. The van der Waals surface area contributed by atoms with Gasteiger partial charge in [-0.25, -0.2) is 4.79 Å². The first-order valence-electron chi connectivity index (χ1n) is 8.61. The molecule has 12 heteroatoms. The summed E-state index contributed by atoms with van der Waals surface area (Å²) >= 11 is 0. The van der Waals surface area contributed by atoms with Crippen LogP contribution in [0.25, 0.3) is 11.2 Å². The van der Waals surface area contributed by atoms with Gasteiger partial charge in [0.05, 0.1) is 0 Å². The van der Waals surface area contributed by atoms with E-state index in [0.29, 0.717) is 0 Å². The van der Waals surface area contributed by atoms with Crippen molar-refractivity contribution >= 4 is 11.2 Å². The molecule has 0 aliphatic rings. The highest BCUT2D eigenvalue weighted by Crippen LogP contribution is 2.28. The highest BCUT2D eigenvalue weighted by Gasteiger charge is 2.31. The SMILES string of the molecule is CCn1c(=O)n(CCCO)c(=O)c2[nH]c(Oc3cccc(OC(F)(F)F)c3)nc21. The predicted octanol–water partition coefficient (Wildman–Crippen LogP) is 1.98. The Morgan fingerprint density at radius 2 is 1.93 bits per heavy atom. The lowest BCUT2D eigenvalue weighted by atomic mass is 10.3. The van der Waals surface area contributed by atoms with E-state index in [1.54, 1.807) is 6.92 Å². The Morgan fingerprint density at radius 3 is 2.59 bits per heavy atom. The van der Waals surface area contributed by atoms with E-state index in [-0.39, 0.29) is 49.0 Å². The van der Waals surface area contributed by atoms with Gasteiger partial charge in [0.15, 0.2) is 11.2 Å². The van der Waals surface area contributed by atoms with Crippen LogP contribution >= 0.6 is 0 Å². The van der Waals surface area contributed by atoms with E-state index < -0.39 is 23.4 Å². The molecule has 0 saturated carbocycles. The molecule has 0 spiro atoms. The van der Waals surface area contributed by atoms with Crippen LogP contribution in [0.2, 0.25) is 0 Å². The number of ether oxygens (including phenoxy) is 2. The molecule has 156 valence electrons.